The maximum absolute atomic E-state index is 12.6. The average Bonchev–Trinajstić information content (AvgIpc) is 2.53. The van der Waals surface area contributed by atoms with Gasteiger partial charge in [0.05, 0.1) is 16.6 Å². The van der Waals surface area contributed by atoms with Gasteiger partial charge in [-0.1, -0.05) is 0 Å². The number of benzene rings is 1. The third-order valence-electron chi connectivity index (χ3n) is 2.77. The second-order valence-electron chi connectivity index (χ2n) is 4.02. The first kappa shape index (κ1) is 13.2. The summed E-state index contributed by atoms with van der Waals surface area (Å²) in [5.74, 6) is -1.24. The van der Waals surface area contributed by atoms with Crippen LogP contribution in [0.25, 0.3) is 11.0 Å². The fourth-order valence-corrected chi connectivity index (χ4v) is 1.87. The number of aromatic nitrogens is 2. The highest BCUT2D eigenvalue weighted by molar-refractivity contribution is 5.79. The van der Waals surface area contributed by atoms with Gasteiger partial charge in [-0.25, -0.2) is 4.79 Å². The maximum atomic E-state index is 12.6. The Labute approximate surface area is 104 Å². The third-order valence-corrected chi connectivity index (χ3v) is 2.77. The zero-order chi connectivity index (χ0) is 14.4. The SMILES string of the molecule is Cn1c(=O)n(CC(=O)O)c2ccc(C(F)(F)F)cc21. The molecule has 0 saturated heterocycles. The second kappa shape index (κ2) is 4.15. The van der Waals surface area contributed by atoms with E-state index in [1.54, 1.807) is 0 Å². The molecular formula is C11H9F3N2O3. The summed E-state index contributed by atoms with van der Waals surface area (Å²) in [6, 6.07) is 2.75. The molecule has 0 aliphatic rings. The van der Waals surface area contributed by atoms with E-state index in [1.165, 1.54) is 7.05 Å². The lowest BCUT2D eigenvalue weighted by Crippen LogP contribution is -2.25. The Kier molecular flexibility index (Phi) is 2.88. The smallest absolute Gasteiger partial charge is 0.416 e. The molecule has 19 heavy (non-hydrogen) atoms. The number of carboxylic acid groups (broad SMARTS) is 1. The molecule has 1 aromatic carbocycles. The molecule has 0 atom stereocenters. The van der Waals surface area contributed by atoms with Crippen molar-refractivity contribution in [2.24, 2.45) is 7.05 Å². The largest absolute Gasteiger partial charge is 0.480 e. The lowest BCUT2D eigenvalue weighted by atomic mass is 10.2. The van der Waals surface area contributed by atoms with Crippen molar-refractivity contribution >= 4 is 17.0 Å². The Morgan fingerprint density at radius 2 is 1.95 bits per heavy atom. The number of hydrogen-bond donors (Lipinski definition) is 1. The second-order valence-corrected chi connectivity index (χ2v) is 4.02. The standard InChI is InChI=1S/C11H9F3N2O3/c1-15-8-4-6(11(12,13)14)2-3-7(8)16(10(15)19)5-9(17)18/h2-4H,5H2,1H3,(H,17,18). The molecule has 0 aliphatic heterocycles. The highest BCUT2D eigenvalue weighted by atomic mass is 19.4. The van der Waals surface area contributed by atoms with Crippen molar-refractivity contribution in [1.82, 2.24) is 9.13 Å². The van der Waals surface area contributed by atoms with Crippen molar-refractivity contribution in [3.8, 4) is 0 Å². The molecule has 5 nitrogen and oxygen atoms in total. The molecular weight excluding hydrogens is 265 g/mol. The summed E-state index contributed by atoms with van der Waals surface area (Å²) in [7, 11) is 1.29. The van der Waals surface area contributed by atoms with Crippen molar-refractivity contribution in [3.63, 3.8) is 0 Å². The predicted octanol–water partition coefficient (Wildman–Crippen LogP) is 1.44. The number of rotatable bonds is 2. The molecule has 8 heteroatoms. The quantitative estimate of drug-likeness (QED) is 0.901. The predicted molar refractivity (Wildman–Crippen MR) is 59.8 cm³/mol. The molecule has 0 saturated carbocycles. The van der Waals surface area contributed by atoms with Crippen molar-refractivity contribution in [2.75, 3.05) is 0 Å². The van der Waals surface area contributed by atoms with Crippen LogP contribution in [0.1, 0.15) is 5.56 Å². The molecule has 0 aliphatic carbocycles. The maximum Gasteiger partial charge on any atom is 0.416 e. The zero-order valence-corrected chi connectivity index (χ0v) is 9.73. The van der Waals surface area contributed by atoms with E-state index in [4.69, 9.17) is 5.11 Å². The Morgan fingerprint density at radius 3 is 2.47 bits per heavy atom. The third kappa shape index (κ3) is 2.20. The van der Waals surface area contributed by atoms with Gasteiger partial charge in [0.25, 0.3) is 0 Å². The van der Waals surface area contributed by atoms with E-state index < -0.39 is 29.9 Å². The van der Waals surface area contributed by atoms with Crippen LogP contribution in [0.3, 0.4) is 0 Å². The van der Waals surface area contributed by atoms with Crippen LogP contribution in [0.15, 0.2) is 23.0 Å². The van der Waals surface area contributed by atoms with Crippen LogP contribution in [0.4, 0.5) is 13.2 Å². The topological polar surface area (TPSA) is 64.2 Å². The normalized spacial score (nSPS) is 12.0. The van der Waals surface area contributed by atoms with Crippen molar-refractivity contribution in [1.29, 1.82) is 0 Å². The highest BCUT2D eigenvalue weighted by Crippen LogP contribution is 2.31. The van der Waals surface area contributed by atoms with E-state index in [2.05, 4.69) is 0 Å². The first-order chi connectivity index (χ1) is 8.71. The van der Waals surface area contributed by atoms with Gasteiger partial charge in [0, 0.05) is 7.05 Å². The lowest BCUT2D eigenvalue weighted by Gasteiger charge is -2.06. The molecule has 0 amide bonds. The van der Waals surface area contributed by atoms with E-state index in [0.29, 0.717) is 0 Å². The first-order valence-corrected chi connectivity index (χ1v) is 5.20. The van der Waals surface area contributed by atoms with Gasteiger partial charge in [-0.15, -0.1) is 0 Å². The van der Waals surface area contributed by atoms with Gasteiger partial charge in [0.2, 0.25) is 0 Å². The van der Waals surface area contributed by atoms with Gasteiger partial charge in [-0.2, -0.15) is 13.2 Å². The number of nitrogens with zero attached hydrogens (tertiary/aromatic N) is 2. The molecule has 102 valence electrons. The van der Waals surface area contributed by atoms with Crippen LogP contribution in [-0.2, 0) is 24.6 Å². The minimum atomic E-state index is -4.51. The van der Waals surface area contributed by atoms with Gasteiger partial charge >= 0.3 is 17.8 Å². The fourth-order valence-electron chi connectivity index (χ4n) is 1.87. The summed E-state index contributed by atoms with van der Waals surface area (Å²) in [6.07, 6.45) is -4.51. The summed E-state index contributed by atoms with van der Waals surface area (Å²) in [4.78, 5) is 22.4. The monoisotopic (exact) mass is 274 g/mol. The molecule has 2 rings (SSSR count). The summed E-state index contributed by atoms with van der Waals surface area (Å²) >= 11 is 0. The van der Waals surface area contributed by atoms with Gasteiger partial charge in [-0.05, 0) is 18.2 Å². The molecule has 0 fully saturated rings. The number of halogens is 3. The molecule has 0 bridgehead atoms. The van der Waals surface area contributed by atoms with Gasteiger partial charge in [0.15, 0.2) is 0 Å². The minimum absolute atomic E-state index is 0.0427. The number of hydrogen-bond acceptors (Lipinski definition) is 2. The van der Waals surface area contributed by atoms with E-state index in [0.717, 1.165) is 27.3 Å². The molecule has 0 spiro atoms. The number of imidazole rings is 1. The number of carbonyl (C=O) groups is 1. The Hall–Kier alpha value is -2.25. The molecule has 2 aromatic rings. The Morgan fingerprint density at radius 1 is 1.32 bits per heavy atom. The van der Waals surface area contributed by atoms with Crippen LogP contribution in [0.5, 0.6) is 0 Å². The number of aryl methyl sites for hydroxylation is 1. The Balaban J connectivity index is 2.73. The summed E-state index contributed by atoms with van der Waals surface area (Å²) in [5.41, 5.74) is -1.36. The summed E-state index contributed by atoms with van der Waals surface area (Å²) in [6.45, 7) is -0.596. The number of fused-ring (bicyclic) bond motifs is 1. The number of carboxylic acids is 1. The van der Waals surface area contributed by atoms with E-state index in [9.17, 15) is 22.8 Å². The van der Waals surface area contributed by atoms with Gasteiger partial charge in [-0.3, -0.25) is 13.9 Å². The average molecular weight is 274 g/mol. The van der Waals surface area contributed by atoms with Crippen molar-refractivity contribution < 1.29 is 23.1 Å². The van der Waals surface area contributed by atoms with Crippen molar-refractivity contribution in [3.05, 3.63) is 34.2 Å². The highest BCUT2D eigenvalue weighted by Gasteiger charge is 2.31. The van der Waals surface area contributed by atoms with Crippen LogP contribution >= 0.6 is 0 Å². The summed E-state index contributed by atoms with van der Waals surface area (Å²) in [5, 5.41) is 8.69. The lowest BCUT2D eigenvalue weighted by molar-refractivity contribution is -0.138. The van der Waals surface area contributed by atoms with Crippen molar-refractivity contribution in [2.45, 2.75) is 12.7 Å². The Bertz CT molecular complexity index is 712. The van der Waals surface area contributed by atoms with E-state index in [1.807, 2.05) is 0 Å². The molecule has 1 N–H and O–H groups in total. The van der Waals surface area contributed by atoms with Crippen LogP contribution in [-0.4, -0.2) is 20.2 Å². The first-order valence-electron chi connectivity index (χ1n) is 5.20. The zero-order valence-electron chi connectivity index (χ0n) is 9.73. The number of alkyl halides is 3. The van der Waals surface area contributed by atoms with Crippen LogP contribution in [0, 0.1) is 0 Å². The van der Waals surface area contributed by atoms with Gasteiger partial charge < -0.3 is 5.11 Å². The molecule has 0 unspecified atom stereocenters. The van der Waals surface area contributed by atoms with Crippen LogP contribution < -0.4 is 5.69 Å². The van der Waals surface area contributed by atoms with E-state index in [-0.39, 0.29) is 11.0 Å². The van der Waals surface area contributed by atoms with E-state index >= 15 is 0 Å². The number of aliphatic carboxylic acids is 1. The summed E-state index contributed by atoms with van der Waals surface area (Å²) < 4.78 is 39.6. The van der Waals surface area contributed by atoms with Gasteiger partial charge in [0.1, 0.15) is 6.54 Å². The minimum Gasteiger partial charge on any atom is -0.480 e. The molecule has 0 radical (unpaired) electrons. The van der Waals surface area contributed by atoms with Crippen LogP contribution in [0.2, 0.25) is 0 Å². The fraction of sp³-hybridized carbons (Fsp3) is 0.273. The molecule has 1 heterocycles. The molecule has 1 aromatic heterocycles.